The largest absolute Gasteiger partial charge is 0.378 e. The predicted octanol–water partition coefficient (Wildman–Crippen LogP) is 1.36. The van der Waals surface area contributed by atoms with E-state index in [4.69, 9.17) is 14.7 Å². The zero-order valence-electron chi connectivity index (χ0n) is 18.7. The summed E-state index contributed by atoms with van der Waals surface area (Å²) < 4.78 is 5.50. The molecule has 0 unspecified atom stereocenters. The van der Waals surface area contributed by atoms with Crippen LogP contribution < -0.4 is 25.8 Å². The van der Waals surface area contributed by atoms with Crippen molar-refractivity contribution in [2.24, 2.45) is 0 Å². The molecule has 33 heavy (non-hydrogen) atoms. The lowest BCUT2D eigenvalue weighted by Gasteiger charge is -2.28. The van der Waals surface area contributed by atoms with Gasteiger partial charge in [-0.2, -0.15) is 4.98 Å². The Balaban J connectivity index is 1.41. The Morgan fingerprint density at radius 3 is 2.30 bits per heavy atom. The van der Waals surface area contributed by atoms with E-state index >= 15 is 0 Å². The molecular formula is C22H28N10O. The van der Waals surface area contributed by atoms with Crippen LogP contribution in [0, 0.1) is 0 Å². The quantitative estimate of drug-likeness (QED) is 0.507. The molecule has 0 saturated carbocycles. The molecule has 11 nitrogen and oxygen atoms in total. The van der Waals surface area contributed by atoms with E-state index in [1.165, 1.54) is 0 Å². The third-order valence-corrected chi connectivity index (χ3v) is 5.66. The summed E-state index contributed by atoms with van der Waals surface area (Å²) >= 11 is 0. The summed E-state index contributed by atoms with van der Waals surface area (Å²) in [5, 5.41) is 9.62. The van der Waals surface area contributed by atoms with E-state index in [0.717, 1.165) is 67.8 Å². The Hall–Kier alpha value is -3.57. The van der Waals surface area contributed by atoms with Crippen molar-refractivity contribution in [3.63, 3.8) is 0 Å². The van der Waals surface area contributed by atoms with Gasteiger partial charge in [-0.25, -0.2) is 19.9 Å². The zero-order valence-corrected chi connectivity index (χ0v) is 18.7. The van der Waals surface area contributed by atoms with Gasteiger partial charge in [0.2, 0.25) is 11.9 Å². The van der Waals surface area contributed by atoms with Crippen LogP contribution in [-0.2, 0) is 4.74 Å². The lowest BCUT2D eigenvalue weighted by Crippen LogP contribution is -2.43. The fourth-order valence-corrected chi connectivity index (χ4v) is 3.85. The number of morpholine rings is 1. The molecule has 2 fully saturated rings. The van der Waals surface area contributed by atoms with Crippen LogP contribution in [0.3, 0.4) is 0 Å². The molecule has 0 radical (unpaired) electrons. The molecule has 0 amide bonds. The van der Waals surface area contributed by atoms with Crippen molar-refractivity contribution in [3.8, 4) is 11.3 Å². The summed E-state index contributed by atoms with van der Waals surface area (Å²) in [5.74, 6) is 2.89. The van der Waals surface area contributed by atoms with E-state index in [-0.39, 0.29) is 0 Å². The van der Waals surface area contributed by atoms with E-state index in [9.17, 15) is 0 Å². The van der Waals surface area contributed by atoms with Crippen molar-refractivity contribution in [2.75, 3.05) is 80.0 Å². The SMILES string of the molecule is CNc1ncc(-c2cc(N3CCOCC3)nc(Nc3ccc(N4CCNCC4)nc3)n2)cn1. The summed E-state index contributed by atoms with van der Waals surface area (Å²) in [6.45, 7) is 6.80. The fourth-order valence-electron chi connectivity index (χ4n) is 3.85. The van der Waals surface area contributed by atoms with Crippen molar-refractivity contribution in [1.82, 2.24) is 30.2 Å². The van der Waals surface area contributed by atoms with Gasteiger partial charge in [0.1, 0.15) is 11.6 Å². The molecule has 0 aromatic carbocycles. The number of hydrogen-bond acceptors (Lipinski definition) is 11. The normalized spacial score (nSPS) is 16.5. The maximum atomic E-state index is 5.50. The van der Waals surface area contributed by atoms with Crippen LogP contribution >= 0.6 is 0 Å². The second-order valence-corrected chi connectivity index (χ2v) is 7.85. The van der Waals surface area contributed by atoms with Gasteiger partial charge in [0.15, 0.2) is 0 Å². The van der Waals surface area contributed by atoms with Crippen LogP contribution in [0.15, 0.2) is 36.8 Å². The zero-order chi connectivity index (χ0) is 22.5. The highest BCUT2D eigenvalue weighted by Crippen LogP contribution is 2.25. The molecule has 0 aliphatic carbocycles. The summed E-state index contributed by atoms with van der Waals surface area (Å²) in [7, 11) is 1.79. The van der Waals surface area contributed by atoms with Crippen LogP contribution in [0.4, 0.5) is 29.2 Å². The number of nitrogens with zero attached hydrogens (tertiary/aromatic N) is 7. The molecule has 172 valence electrons. The molecule has 5 heterocycles. The summed E-state index contributed by atoms with van der Waals surface area (Å²) in [6, 6.07) is 6.02. The first-order chi connectivity index (χ1) is 16.3. The van der Waals surface area contributed by atoms with Crippen LogP contribution in [0.1, 0.15) is 0 Å². The maximum Gasteiger partial charge on any atom is 0.229 e. The minimum Gasteiger partial charge on any atom is -0.378 e. The second-order valence-electron chi connectivity index (χ2n) is 7.85. The third-order valence-electron chi connectivity index (χ3n) is 5.66. The number of pyridine rings is 1. The van der Waals surface area contributed by atoms with Crippen molar-refractivity contribution in [3.05, 3.63) is 36.8 Å². The molecule has 5 rings (SSSR count). The Kier molecular flexibility index (Phi) is 6.40. The van der Waals surface area contributed by atoms with Crippen LogP contribution in [0.25, 0.3) is 11.3 Å². The van der Waals surface area contributed by atoms with Gasteiger partial charge in [0.05, 0.1) is 30.8 Å². The van der Waals surface area contributed by atoms with Crippen molar-refractivity contribution in [2.45, 2.75) is 0 Å². The first-order valence-corrected chi connectivity index (χ1v) is 11.2. The summed E-state index contributed by atoms with van der Waals surface area (Å²) in [5.41, 5.74) is 2.41. The van der Waals surface area contributed by atoms with Crippen molar-refractivity contribution >= 4 is 29.2 Å². The Labute approximate surface area is 192 Å². The topological polar surface area (TPSA) is 116 Å². The number of nitrogens with one attached hydrogen (secondary N) is 3. The van der Waals surface area contributed by atoms with Gasteiger partial charge in [-0.3, -0.25) is 0 Å². The number of rotatable bonds is 6. The molecule has 11 heteroatoms. The highest BCUT2D eigenvalue weighted by molar-refractivity contribution is 5.66. The summed E-state index contributed by atoms with van der Waals surface area (Å²) in [4.78, 5) is 27.3. The Bertz CT molecular complexity index is 1050. The Morgan fingerprint density at radius 1 is 0.848 bits per heavy atom. The fraction of sp³-hybridized carbons (Fsp3) is 0.409. The molecule has 2 saturated heterocycles. The van der Waals surface area contributed by atoms with Gasteiger partial charge in [0, 0.05) is 70.3 Å². The maximum absolute atomic E-state index is 5.50. The van der Waals surface area contributed by atoms with Crippen molar-refractivity contribution in [1.29, 1.82) is 0 Å². The number of anilines is 5. The minimum absolute atomic E-state index is 0.503. The van der Waals surface area contributed by atoms with Gasteiger partial charge in [-0.15, -0.1) is 0 Å². The van der Waals surface area contributed by atoms with E-state index in [1.807, 2.05) is 24.4 Å². The first-order valence-electron chi connectivity index (χ1n) is 11.2. The number of hydrogen-bond donors (Lipinski definition) is 3. The van der Waals surface area contributed by atoms with Gasteiger partial charge >= 0.3 is 0 Å². The number of piperazine rings is 1. The molecular weight excluding hydrogens is 420 g/mol. The van der Waals surface area contributed by atoms with Gasteiger partial charge in [0.25, 0.3) is 0 Å². The van der Waals surface area contributed by atoms with Crippen LogP contribution in [0.5, 0.6) is 0 Å². The van der Waals surface area contributed by atoms with Crippen LogP contribution in [0.2, 0.25) is 0 Å². The molecule has 0 spiro atoms. The molecule has 3 aromatic rings. The molecule has 3 aromatic heterocycles. The standard InChI is InChI=1S/C22H28N10O/c1-23-21-26-13-16(14-27-21)18-12-20(32-8-10-33-11-9-32)30-22(29-18)28-17-2-3-19(25-15-17)31-6-4-24-5-7-31/h2-3,12-15,24H,4-11H2,1H3,(H,23,26,27)(H,28,29,30). The number of ether oxygens (including phenoxy) is 1. The molecule has 0 atom stereocenters. The van der Waals surface area contributed by atoms with E-state index in [2.05, 4.69) is 40.7 Å². The second kappa shape index (κ2) is 9.92. The Morgan fingerprint density at radius 2 is 1.61 bits per heavy atom. The van der Waals surface area contributed by atoms with E-state index in [1.54, 1.807) is 19.4 Å². The molecule has 0 bridgehead atoms. The van der Waals surface area contributed by atoms with E-state index < -0.39 is 0 Å². The highest BCUT2D eigenvalue weighted by Gasteiger charge is 2.17. The van der Waals surface area contributed by atoms with E-state index in [0.29, 0.717) is 25.1 Å². The molecule has 2 aliphatic heterocycles. The summed E-state index contributed by atoms with van der Waals surface area (Å²) in [6.07, 6.45) is 5.35. The number of aromatic nitrogens is 5. The minimum atomic E-state index is 0.503. The lowest BCUT2D eigenvalue weighted by molar-refractivity contribution is 0.122. The highest BCUT2D eigenvalue weighted by atomic mass is 16.5. The smallest absolute Gasteiger partial charge is 0.229 e. The third kappa shape index (κ3) is 5.10. The predicted molar refractivity (Wildman–Crippen MR) is 128 cm³/mol. The molecule has 2 aliphatic rings. The monoisotopic (exact) mass is 448 g/mol. The lowest BCUT2D eigenvalue weighted by atomic mass is 10.2. The van der Waals surface area contributed by atoms with Crippen LogP contribution in [-0.4, -0.2) is 84.4 Å². The van der Waals surface area contributed by atoms with Gasteiger partial charge < -0.3 is 30.5 Å². The average molecular weight is 449 g/mol. The average Bonchev–Trinajstić information content (AvgIpc) is 2.90. The van der Waals surface area contributed by atoms with Gasteiger partial charge in [-0.05, 0) is 12.1 Å². The van der Waals surface area contributed by atoms with Crippen molar-refractivity contribution < 1.29 is 4.74 Å². The first kappa shape index (κ1) is 21.3. The van der Waals surface area contributed by atoms with Gasteiger partial charge in [-0.1, -0.05) is 0 Å². The molecule has 3 N–H and O–H groups in total.